The molecule has 0 amide bonds. The van der Waals surface area contributed by atoms with Crippen LogP contribution in [0.2, 0.25) is 5.02 Å². The molecule has 2 heteroatoms. The summed E-state index contributed by atoms with van der Waals surface area (Å²) in [6, 6.07) is 7.81. The molecule has 0 aliphatic heterocycles. The standard InChI is InChI=1S/C9H9ClS/c1-2-7-11-9-5-3-8(10)4-6-9/h2-7H,1H3/b7-2+. The zero-order chi connectivity index (χ0) is 8.10. The van der Waals surface area contributed by atoms with E-state index in [-0.39, 0.29) is 0 Å². The number of thioether (sulfide) groups is 1. The highest BCUT2D eigenvalue weighted by Crippen LogP contribution is 2.20. The van der Waals surface area contributed by atoms with Gasteiger partial charge in [0.1, 0.15) is 0 Å². The van der Waals surface area contributed by atoms with Gasteiger partial charge >= 0.3 is 0 Å². The summed E-state index contributed by atoms with van der Waals surface area (Å²) in [5.41, 5.74) is 0. The molecule has 0 heterocycles. The van der Waals surface area contributed by atoms with Crippen LogP contribution in [0.15, 0.2) is 40.6 Å². The van der Waals surface area contributed by atoms with Crippen LogP contribution >= 0.6 is 23.4 Å². The summed E-state index contributed by atoms with van der Waals surface area (Å²) in [5.74, 6) is 0. The Morgan fingerprint density at radius 1 is 1.27 bits per heavy atom. The van der Waals surface area contributed by atoms with Gasteiger partial charge in [-0.15, -0.1) is 0 Å². The molecule has 1 aromatic rings. The van der Waals surface area contributed by atoms with Gasteiger partial charge in [0.05, 0.1) is 0 Å². The Bertz CT molecular complexity index is 238. The molecule has 0 spiro atoms. The number of hydrogen-bond donors (Lipinski definition) is 0. The van der Waals surface area contributed by atoms with Gasteiger partial charge in [-0.3, -0.25) is 0 Å². The van der Waals surface area contributed by atoms with Crippen LogP contribution < -0.4 is 0 Å². The maximum Gasteiger partial charge on any atom is 0.0406 e. The minimum absolute atomic E-state index is 0.787. The van der Waals surface area contributed by atoms with E-state index in [1.807, 2.05) is 42.7 Å². The third kappa shape index (κ3) is 3.00. The van der Waals surface area contributed by atoms with E-state index in [1.165, 1.54) is 4.90 Å². The summed E-state index contributed by atoms with van der Waals surface area (Å²) in [6.07, 6.45) is 2.01. The molecule has 0 fully saturated rings. The summed E-state index contributed by atoms with van der Waals surface area (Å²) >= 11 is 7.41. The fourth-order valence-electron chi connectivity index (χ4n) is 0.660. The third-order valence-corrected chi connectivity index (χ3v) is 2.36. The van der Waals surface area contributed by atoms with Gasteiger partial charge in [-0.2, -0.15) is 0 Å². The maximum absolute atomic E-state index is 5.72. The lowest BCUT2D eigenvalue weighted by Gasteiger charge is -1.94. The first kappa shape index (κ1) is 8.69. The molecule has 0 N–H and O–H groups in total. The van der Waals surface area contributed by atoms with Crippen LogP contribution in [0, 0.1) is 0 Å². The van der Waals surface area contributed by atoms with Crippen LogP contribution in [0.5, 0.6) is 0 Å². The number of hydrogen-bond acceptors (Lipinski definition) is 1. The van der Waals surface area contributed by atoms with Gasteiger partial charge < -0.3 is 0 Å². The molecular weight excluding hydrogens is 176 g/mol. The lowest BCUT2D eigenvalue weighted by atomic mass is 10.4. The van der Waals surface area contributed by atoms with E-state index >= 15 is 0 Å². The van der Waals surface area contributed by atoms with Crippen molar-refractivity contribution < 1.29 is 0 Å². The molecule has 1 rings (SSSR count). The number of rotatable bonds is 2. The Morgan fingerprint density at radius 3 is 2.45 bits per heavy atom. The second-order valence-electron chi connectivity index (χ2n) is 2.04. The van der Waals surface area contributed by atoms with Gasteiger partial charge in [0.15, 0.2) is 0 Å². The molecule has 0 unspecified atom stereocenters. The van der Waals surface area contributed by atoms with Crippen molar-refractivity contribution in [2.45, 2.75) is 11.8 Å². The highest BCUT2D eigenvalue weighted by molar-refractivity contribution is 8.02. The highest BCUT2D eigenvalue weighted by Gasteiger charge is 1.88. The Labute approximate surface area is 76.3 Å². The van der Waals surface area contributed by atoms with Crippen LogP contribution in [0.1, 0.15) is 6.92 Å². The molecule has 0 nitrogen and oxygen atoms in total. The second kappa shape index (κ2) is 4.47. The first-order valence-corrected chi connectivity index (χ1v) is 4.62. The Kier molecular flexibility index (Phi) is 3.53. The molecule has 58 valence electrons. The van der Waals surface area contributed by atoms with Crippen molar-refractivity contribution in [1.29, 1.82) is 0 Å². The second-order valence-corrected chi connectivity index (χ2v) is 3.46. The van der Waals surface area contributed by atoms with Crippen molar-refractivity contribution in [3.63, 3.8) is 0 Å². The Balaban J connectivity index is 2.66. The lowest BCUT2D eigenvalue weighted by Crippen LogP contribution is -1.66. The zero-order valence-corrected chi connectivity index (χ0v) is 7.82. The topological polar surface area (TPSA) is 0 Å². The van der Waals surface area contributed by atoms with Crippen molar-refractivity contribution in [3.05, 3.63) is 40.8 Å². The number of halogens is 1. The third-order valence-electron chi connectivity index (χ3n) is 1.15. The largest absolute Gasteiger partial charge is 0.0984 e. The van der Waals surface area contributed by atoms with E-state index in [0.29, 0.717) is 0 Å². The number of allylic oxidation sites excluding steroid dienone is 1. The lowest BCUT2D eigenvalue weighted by molar-refractivity contribution is 1.47. The van der Waals surface area contributed by atoms with Crippen LogP contribution in [0.25, 0.3) is 0 Å². The summed E-state index contributed by atoms with van der Waals surface area (Å²) in [6.45, 7) is 2.00. The van der Waals surface area contributed by atoms with Gasteiger partial charge in [0, 0.05) is 9.92 Å². The molecule has 0 atom stereocenters. The summed E-state index contributed by atoms with van der Waals surface area (Å²) in [4.78, 5) is 1.22. The van der Waals surface area contributed by atoms with Gasteiger partial charge in [-0.1, -0.05) is 29.4 Å². The predicted octanol–water partition coefficient (Wildman–Crippen LogP) is 3.97. The van der Waals surface area contributed by atoms with Crippen LogP contribution in [-0.2, 0) is 0 Å². The van der Waals surface area contributed by atoms with E-state index < -0.39 is 0 Å². The van der Waals surface area contributed by atoms with Crippen molar-refractivity contribution >= 4 is 23.4 Å². The minimum atomic E-state index is 0.787. The smallest absolute Gasteiger partial charge is 0.0406 e. The van der Waals surface area contributed by atoms with Crippen LogP contribution in [-0.4, -0.2) is 0 Å². The summed E-state index contributed by atoms with van der Waals surface area (Å²) < 4.78 is 0. The molecule has 0 bridgehead atoms. The quantitative estimate of drug-likeness (QED) is 0.627. The molecule has 0 saturated carbocycles. The van der Waals surface area contributed by atoms with Crippen molar-refractivity contribution in [2.75, 3.05) is 0 Å². The predicted molar refractivity (Wildman–Crippen MR) is 52.1 cm³/mol. The number of benzene rings is 1. The zero-order valence-electron chi connectivity index (χ0n) is 6.25. The first-order valence-electron chi connectivity index (χ1n) is 3.36. The maximum atomic E-state index is 5.72. The average molecular weight is 185 g/mol. The van der Waals surface area contributed by atoms with E-state index in [4.69, 9.17) is 11.6 Å². The van der Waals surface area contributed by atoms with Crippen molar-refractivity contribution in [2.24, 2.45) is 0 Å². The molecule has 1 aromatic carbocycles. The summed E-state index contributed by atoms with van der Waals surface area (Å²) in [7, 11) is 0. The van der Waals surface area contributed by atoms with Crippen molar-refractivity contribution in [1.82, 2.24) is 0 Å². The first-order chi connectivity index (χ1) is 5.33. The molecule has 0 aliphatic rings. The van der Waals surface area contributed by atoms with Crippen LogP contribution in [0.3, 0.4) is 0 Å². The van der Waals surface area contributed by atoms with Gasteiger partial charge in [0.2, 0.25) is 0 Å². The molecule has 0 radical (unpaired) electrons. The monoisotopic (exact) mass is 184 g/mol. The highest BCUT2D eigenvalue weighted by atomic mass is 35.5. The normalized spacial score (nSPS) is 10.7. The van der Waals surface area contributed by atoms with E-state index in [0.717, 1.165) is 5.02 Å². The molecule has 11 heavy (non-hydrogen) atoms. The average Bonchev–Trinajstić information content (AvgIpc) is 2.04. The molecule has 0 aromatic heterocycles. The Morgan fingerprint density at radius 2 is 1.91 bits per heavy atom. The van der Waals surface area contributed by atoms with E-state index in [1.54, 1.807) is 11.8 Å². The minimum Gasteiger partial charge on any atom is -0.0984 e. The van der Waals surface area contributed by atoms with Gasteiger partial charge in [-0.05, 0) is 36.6 Å². The van der Waals surface area contributed by atoms with E-state index in [9.17, 15) is 0 Å². The van der Waals surface area contributed by atoms with Crippen LogP contribution in [0.4, 0.5) is 0 Å². The van der Waals surface area contributed by atoms with Gasteiger partial charge in [0.25, 0.3) is 0 Å². The molecule has 0 aliphatic carbocycles. The van der Waals surface area contributed by atoms with Crippen molar-refractivity contribution in [3.8, 4) is 0 Å². The SMILES string of the molecule is C/C=C/Sc1ccc(Cl)cc1. The fourth-order valence-corrected chi connectivity index (χ4v) is 1.37. The summed E-state index contributed by atoms with van der Waals surface area (Å²) in [5, 5.41) is 2.83. The Hall–Kier alpha value is -0.400. The molecule has 0 saturated heterocycles. The van der Waals surface area contributed by atoms with Gasteiger partial charge in [-0.25, -0.2) is 0 Å². The van der Waals surface area contributed by atoms with E-state index in [2.05, 4.69) is 0 Å². The molecular formula is C9H9ClS. The fraction of sp³-hybridized carbons (Fsp3) is 0.111.